The van der Waals surface area contributed by atoms with Crippen molar-refractivity contribution in [2.24, 2.45) is 5.92 Å². The Labute approximate surface area is 95.0 Å². The van der Waals surface area contributed by atoms with Crippen LogP contribution in [0, 0.1) is 5.92 Å². The Kier molecular flexibility index (Phi) is 3.13. The fraction of sp³-hybridized carbons (Fsp3) is 0.462. The van der Waals surface area contributed by atoms with Crippen molar-refractivity contribution in [2.75, 3.05) is 7.11 Å². The van der Waals surface area contributed by atoms with Crippen molar-refractivity contribution < 1.29 is 14.6 Å². The van der Waals surface area contributed by atoms with Gasteiger partial charge in [-0.25, -0.2) is 0 Å². The molecule has 1 aromatic carbocycles. The van der Waals surface area contributed by atoms with E-state index < -0.39 is 5.97 Å². The highest BCUT2D eigenvalue weighted by molar-refractivity contribution is 5.67. The number of methoxy groups -OCH3 is 1. The molecule has 0 amide bonds. The lowest BCUT2D eigenvalue weighted by Crippen LogP contribution is -2.24. The van der Waals surface area contributed by atoms with Gasteiger partial charge < -0.3 is 9.84 Å². The molecule has 2 rings (SSSR count). The predicted molar refractivity (Wildman–Crippen MR) is 60.7 cm³/mol. The van der Waals surface area contributed by atoms with E-state index in [1.165, 1.54) is 5.56 Å². The largest absolute Gasteiger partial charge is 0.496 e. The number of rotatable bonds is 4. The van der Waals surface area contributed by atoms with Crippen LogP contribution in [0.2, 0.25) is 0 Å². The number of carboxylic acids is 1. The zero-order chi connectivity index (χ0) is 11.5. The van der Waals surface area contributed by atoms with Crippen LogP contribution in [-0.4, -0.2) is 18.2 Å². The summed E-state index contributed by atoms with van der Waals surface area (Å²) in [5.41, 5.74) is 1.21. The van der Waals surface area contributed by atoms with E-state index in [2.05, 4.69) is 6.07 Å². The van der Waals surface area contributed by atoms with Crippen LogP contribution in [0.4, 0.5) is 0 Å². The highest BCUT2D eigenvalue weighted by Gasteiger charge is 2.33. The van der Waals surface area contributed by atoms with Gasteiger partial charge in [-0.1, -0.05) is 18.2 Å². The van der Waals surface area contributed by atoms with Crippen molar-refractivity contribution in [3.63, 3.8) is 0 Å². The van der Waals surface area contributed by atoms with Crippen LogP contribution >= 0.6 is 0 Å². The van der Waals surface area contributed by atoms with E-state index in [0.717, 1.165) is 18.6 Å². The Bertz CT molecular complexity index is 381. The highest BCUT2D eigenvalue weighted by Crippen LogP contribution is 2.45. The second kappa shape index (κ2) is 4.56. The molecular formula is C13H16O3. The minimum Gasteiger partial charge on any atom is -0.496 e. The van der Waals surface area contributed by atoms with Crippen LogP contribution in [-0.2, 0) is 4.79 Å². The zero-order valence-corrected chi connectivity index (χ0v) is 9.35. The van der Waals surface area contributed by atoms with Crippen LogP contribution in [0.5, 0.6) is 5.75 Å². The molecule has 0 saturated heterocycles. The molecule has 1 aliphatic carbocycles. The number of hydrogen-bond acceptors (Lipinski definition) is 2. The Morgan fingerprint density at radius 3 is 2.75 bits per heavy atom. The molecule has 0 unspecified atom stereocenters. The normalized spacial score (nSPS) is 23.6. The maximum Gasteiger partial charge on any atom is 0.303 e. The molecular weight excluding hydrogens is 204 g/mol. The average molecular weight is 220 g/mol. The summed E-state index contributed by atoms with van der Waals surface area (Å²) < 4.78 is 5.30. The van der Waals surface area contributed by atoms with E-state index in [4.69, 9.17) is 9.84 Å². The molecule has 0 aromatic heterocycles. The lowest BCUT2D eigenvalue weighted by Gasteiger charge is -2.35. The number of para-hydroxylation sites is 1. The van der Waals surface area contributed by atoms with Crippen LogP contribution in [0.1, 0.15) is 30.7 Å². The average Bonchev–Trinajstić information content (AvgIpc) is 2.22. The minimum atomic E-state index is -0.691. The molecule has 1 N–H and O–H groups in total. The van der Waals surface area contributed by atoms with Gasteiger partial charge in [-0.3, -0.25) is 4.79 Å². The molecule has 16 heavy (non-hydrogen) atoms. The number of hydrogen-bond donors (Lipinski definition) is 1. The first kappa shape index (κ1) is 11.0. The summed E-state index contributed by atoms with van der Waals surface area (Å²) in [4.78, 5) is 10.5. The Hall–Kier alpha value is -1.51. The number of aliphatic carboxylic acids is 1. The maximum absolute atomic E-state index is 10.5. The molecule has 0 heterocycles. The van der Waals surface area contributed by atoms with E-state index in [-0.39, 0.29) is 0 Å². The second-order valence-corrected chi connectivity index (χ2v) is 4.37. The molecule has 0 spiro atoms. The van der Waals surface area contributed by atoms with Crippen LogP contribution < -0.4 is 4.74 Å². The van der Waals surface area contributed by atoms with E-state index in [9.17, 15) is 4.79 Å². The van der Waals surface area contributed by atoms with Gasteiger partial charge in [0.2, 0.25) is 0 Å². The topological polar surface area (TPSA) is 46.5 Å². The molecule has 0 atom stereocenters. The van der Waals surface area contributed by atoms with Crippen LogP contribution in [0.25, 0.3) is 0 Å². The van der Waals surface area contributed by atoms with Gasteiger partial charge in [0, 0.05) is 6.42 Å². The molecule has 0 radical (unpaired) electrons. The van der Waals surface area contributed by atoms with E-state index in [0.29, 0.717) is 18.3 Å². The molecule has 3 heteroatoms. The second-order valence-electron chi connectivity index (χ2n) is 4.37. The summed E-state index contributed by atoms with van der Waals surface area (Å²) in [7, 11) is 1.67. The van der Waals surface area contributed by atoms with Gasteiger partial charge in [0.25, 0.3) is 0 Å². The number of carboxylic acid groups (broad SMARTS) is 1. The minimum absolute atomic E-state index is 0.297. The van der Waals surface area contributed by atoms with Crippen molar-refractivity contribution in [1.29, 1.82) is 0 Å². The SMILES string of the molecule is COc1ccccc1C1CC(CC(=O)O)C1. The van der Waals surface area contributed by atoms with Crippen molar-refractivity contribution in [3.05, 3.63) is 29.8 Å². The van der Waals surface area contributed by atoms with Gasteiger partial charge >= 0.3 is 5.97 Å². The Balaban J connectivity index is 1.98. The van der Waals surface area contributed by atoms with Crippen molar-refractivity contribution >= 4 is 5.97 Å². The van der Waals surface area contributed by atoms with Crippen molar-refractivity contribution in [1.82, 2.24) is 0 Å². The maximum atomic E-state index is 10.5. The van der Waals surface area contributed by atoms with Gasteiger partial charge in [-0.05, 0) is 36.3 Å². The van der Waals surface area contributed by atoms with Gasteiger partial charge in [0.15, 0.2) is 0 Å². The third kappa shape index (κ3) is 2.18. The third-order valence-electron chi connectivity index (χ3n) is 3.28. The first-order valence-corrected chi connectivity index (χ1v) is 5.55. The quantitative estimate of drug-likeness (QED) is 0.848. The van der Waals surface area contributed by atoms with Gasteiger partial charge in [0.1, 0.15) is 5.75 Å². The van der Waals surface area contributed by atoms with Gasteiger partial charge in [-0.15, -0.1) is 0 Å². The summed E-state index contributed by atoms with van der Waals surface area (Å²) in [6.07, 6.45) is 2.23. The first-order valence-electron chi connectivity index (χ1n) is 5.55. The van der Waals surface area contributed by atoms with Crippen LogP contribution in [0.15, 0.2) is 24.3 Å². The summed E-state index contributed by atoms with van der Waals surface area (Å²) in [5.74, 6) is 1.04. The van der Waals surface area contributed by atoms with Gasteiger partial charge in [0.05, 0.1) is 7.11 Å². The van der Waals surface area contributed by atoms with Crippen LogP contribution in [0.3, 0.4) is 0 Å². The number of carbonyl (C=O) groups is 1. The number of ether oxygens (including phenoxy) is 1. The fourth-order valence-corrected chi connectivity index (χ4v) is 2.41. The summed E-state index contributed by atoms with van der Waals surface area (Å²) >= 11 is 0. The fourth-order valence-electron chi connectivity index (χ4n) is 2.41. The van der Waals surface area contributed by atoms with E-state index in [1.54, 1.807) is 7.11 Å². The van der Waals surface area contributed by atoms with Crippen molar-refractivity contribution in [3.8, 4) is 5.75 Å². The zero-order valence-electron chi connectivity index (χ0n) is 9.35. The summed E-state index contributed by atoms with van der Waals surface area (Å²) in [6, 6.07) is 7.98. The monoisotopic (exact) mass is 220 g/mol. The molecule has 1 aromatic rings. The molecule has 1 saturated carbocycles. The molecule has 3 nitrogen and oxygen atoms in total. The Morgan fingerprint density at radius 1 is 1.44 bits per heavy atom. The lowest BCUT2D eigenvalue weighted by molar-refractivity contribution is -0.138. The summed E-state index contributed by atoms with van der Waals surface area (Å²) in [6.45, 7) is 0. The van der Waals surface area contributed by atoms with E-state index in [1.807, 2.05) is 18.2 Å². The smallest absolute Gasteiger partial charge is 0.303 e. The summed E-state index contributed by atoms with van der Waals surface area (Å²) in [5, 5.41) is 8.68. The standard InChI is InChI=1S/C13H16O3/c1-16-12-5-3-2-4-11(12)10-6-9(7-10)8-13(14)15/h2-5,9-10H,6-8H2,1H3,(H,14,15). The van der Waals surface area contributed by atoms with Crippen molar-refractivity contribution in [2.45, 2.75) is 25.2 Å². The molecule has 86 valence electrons. The first-order chi connectivity index (χ1) is 7.70. The molecule has 1 aliphatic rings. The highest BCUT2D eigenvalue weighted by atomic mass is 16.5. The predicted octanol–water partition coefficient (Wildman–Crippen LogP) is 2.66. The van der Waals surface area contributed by atoms with E-state index >= 15 is 0 Å². The molecule has 0 aliphatic heterocycles. The number of benzene rings is 1. The molecule has 1 fully saturated rings. The lowest BCUT2D eigenvalue weighted by atomic mass is 9.70. The Morgan fingerprint density at radius 2 is 2.12 bits per heavy atom. The van der Waals surface area contributed by atoms with Gasteiger partial charge in [-0.2, -0.15) is 0 Å². The third-order valence-corrected chi connectivity index (χ3v) is 3.28. The molecule has 0 bridgehead atoms.